The van der Waals surface area contributed by atoms with Crippen molar-refractivity contribution in [2.45, 2.75) is 19.6 Å². The summed E-state index contributed by atoms with van der Waals surface area (Å²) in [7, 11) is 0. The third-order valence-electron chi connectivity index (χ3n) is 4.05. The minimum atomic E-state index is -4.29. The van der Waals surface area contributed by atoms with Crippen LogP contribution in [0, 0.1) is 11.3 Å². The molecule has 2 atom stereocenters. The Morgan fingerprint density at radius 1 is 1.32 bits per heavy atom. The summed E-state index contributed by atoms with van der Waals surface area (Å²) in [6, 6.07) is 9.42. The first-order chi connectivity index (χ1) is 8.87. The van der Waals surface area contributed by atoms with Gasteiger partial charge in [-0.1, -0.05) is 30.3 Å². The van der Waals surface area contributed by atoms with E-state index >= 15 is 0 Å². The molecule has 2 nitrogen and oxygen atoms in total. The molecule has 0 aliphatic carbocycles. The first-order valence-corrected chi connectivity index (χ1v) is 6.30. The van der Waals surface area contributed by atoms with Crippen molar-refractivity contribution >= 4 is 0 Å². The minimum Gasteiger partial charge on any atom is -0.396 e. The molecule has 106 valence electrons. The maximum Gasteiger partial charge on any atom is 0.395 e. The Labute approximate surface area is 110 Å². The summed E-state index contributed by atoms with van der Waals surface area (Å²) in [5.74, 6) is -0.754. The molecule has 1 saturated heterocycles. The van der Waals surface area contributed by atoms with Crippen molar-refractivity contribution in [2.75, 3.05) is 19.7 Å². The van der Waals surface area contributed by atoms with Crippen molar-refractivity contribution in [2.24, 2.45) is 11.3 Å². The van der Waals surface area contributed by atoms with Gasteiger partial charge in [0, 0.05) is 32.2 Å². The zero-order valence-electron chi connectivity index (χ0n) is 10.8. The average molecular weight is 273 g/mol. The molecule has 1 N–H and O–H groups in total. The fourth-order valence-electron chi connectivity index (χ4n) is 2.71. The molecule has 2 rings (SSSR count). The van der Waals surface area contributed by atoms with Crippen LogP contribution in [0.15, 0.2) is 30.3 Å². The second-order valence-corrected chi connectivity index (χ2v) is 5.45. The number of hydrogen-bond donors (Lipinski definition) is 1. The third kappa shape index (κ3) is 2.77. The fraction of sp³-hybridized carbons (Fsp3) is 0.571. The van der Waals surface area contributed by atoms with Crippen molar-refractivity contribution in [3.8, 4) is 0 Å². The number of aliphatic hydroxyl groups excluding tert-OH is 1. The summed E-state index contributed by atoms with van der Waals surface area (Å²) in [6.07, 6.45) is -4.29. The quantitative estimate of drug-likeness (QED) is 0.915. The van der Waals surface area contributed by atoms with Crippen LogP contribution >= 0.6 is 0 Å². The van der Waals surface area contributed by atoms with E-state index < -0.39 is 24.1 Å². The normalized spacial score (nSPS) is 28.8. The fourth-order valence-corrected chi connectivity index (χ4v) is 2.71. The summed E-state index contributed by atoms with van der Waals surface area (Å²) in [5.41, 5.74) is -0.832. The molecular formula is C14H18F3NO. The van der Waals surface area contributed by atoms with E-state index in [1.54, 1.807) is 4.90 Å². The molecule has 1 aliphatic rings. The summed E-state index contributed by atoms with van der Waals surface area (Å²) < 4.78 is 39.5. The second kappa shape index (κ2) is 5.13. The molecule has 1 aliphatic heterocycles. The number of rotatable bonds is 3. The van der Waals surface area contributed by atoms with Gasteiger partial charge >= 0.3 is 6.18 Å². The number of likely N-dealkylation sites (tertiary alicyclic amines) is 1. The monoisotopic (exact) mass is 273 g/mol. The molecule has 0 unspecified atom stereocenters. The molecule has 0 aromatic heterocycles. The first-order valence-electron chi connectivity index (χ1n) is 6.30. The van der Waals surface area contributed by atoms with Crippen LogP contribution in [0.5, 0.6) is 0 Å². The van der Waals surface area contributed by atoms with Gasteiger partial charge in [0.2, 0.25) is 0 Å². The SMILES string of the molecule is C[C@@]1(C(F)(F)F)CN(Cc2ccccc2)C[C@H]1CO. The topological polar surface area (TPSA) is 23.5 Å². The van der Waals surface area contributed by atoms with Gasteiger partial charge in [-0.25, -0.2) is 0 Å². The predicted octanol–water partition coefficient (Wildman–Crippen LogP) is 2.68. The van der Waals surface area contributed by atoms with Crippen molar-refractivity contribution in [3.05, 3.63) is 35.9 Å². The highest BCUT2D eigenvalue weighted by Crippen LogP contribution is 2.48. The van der Waals surface area contributed by atoms with Gasteiger partial charge in [0.1, 0.15) is 0 Å². The second-order valence-electron chi connectivity index (χ2n) is 5.45. The minimum absolute atomic E-state index is 0.0589. The Balaban J connectivity index is 2.11. The lowest BCUT2D eigenvalue weighted by Crippen LogP contribution is -2.43. The molecule has 0 bridgehead atoms. The Bertz CT molecular complexity index is 420. The standard InChI is InChI=1S/C14H18F3NO/c1-13(14(15,16)17)10-18(8-12(13)9-19)7-11-5-3-2-4-6-11/h2-6,12,19H,7-10H2,1H3/t12-,13+/m0/s1. The largest absolute Gasteiger partial charge is 0.396 e. The molecule has 0 saturated carbocycles. The Morgan fingerprint density at radius 2 is 1.95 bits per heavy atom. The lowest BCUT2D eigenvalue weighted by Gasteiger charge is -2.32. The number of aliphatic hydroxyl groups is 1. The van der Waals surface area contributed by atoms with Crippen molar-refractivity contribution in [3.63, 3.8) is 0 Å². The zero-order chi connectivity index (χ0) is 14.1. The smallest absolute Gasteiger partial charge is 0.395 e. The molecule has 0 spiro atoms. The van der Waals surface area contributed by atoms with Crippen molar-refractivity contribution in [1.29, 1.82) is 0 Å². The van der Waals surface area contributed by atoms with E-state index in [0.29, 0.717) is 6.54 Å². The molecule has 0 radical (unpaired) electrons. The highest BCUT2D eigenvalue weighted by molar-refractivity contribution is 5.15. The van der Waals surface area contributed by atoms with Crippen molar-refractivity contribution in [1.82, 2.24) is 4.90 Å². The van der Waals surface area contributed by atoms with Crippen LogP contribution < -0.4 is 0 Å². The van der Waals surface area contributed by atoms with E-state index in [4.69, 9.17) is 0 Å². The van der Waals surface area contributed by atoms with Gasteiger partial charge in [-0.05, 0) is 12.5 Å². The number of alkyl halides is 3. The Hall–Kier alpha value is -1.07. The van der Waals surface area contributed by atoms with Crippen molar-refractivity contribution < 1.29 is 18.3 Å². The molecule has 1 aromatic rings. The van der Waals surface area contributed by atoms with Gasteiger partial charge in [-0.2, -0.15) is 13.2 Å². The number of hydrogen-bond acceptors (Lipinski definition) is 2. The molecular weight excluding hydrogens is 255 g/mol. The maximum absolute atomic E-state index is 13.2. The number of benzene rings is 1. The van der Waals surface area contributed by atoms with E-state index in [1.807, 2.05) is 30.3 Å². The molecule has 5 heteroatoms. The first kappa shape index (κ1) is 14.3. The van der Waals surface area contributed by atoms with Crippen LogP contribution in [0.1, 0.15) is 12.5 Å². The van der Waals surface area contributed by atoms with Gasteiger partial charge in [0.25, 0.3) is 0 Å². The average Bonchev–Trinajstić information content (AvgIpc) is 2.67. The highest BCUT2D eigenvalue weighted by Gasteiger charge is 2.59. The summed E-state index contributed by atoms with van der Waals surface area (Å²) in [6.45, 7) is 1.49. The highest BCUT2D eigenvalue weighted by atomic mass is 19.4. The molecule has 19 heavy (non-hydrogen) atoms. The number of nitrogens with zero attached hydrogens (tertiary/aromatic N) is 1. The van der Waals surface area contributed by atoms with E-state index in [0.717, 1.165) is 5.56 Å². The van der Waals surface area contributed by atoms with E-state index in [1.165, 1.54) is 6.92 Å². The third-order valence-corrected chi connectivity index (χ3v) is 4.05. The van der Waals surface area contributed by atoms with Gasteiger partial charge < -0.3 is 5.11 Å². The summed E-state index contributed by atoms with van der Waals surface area (Å²) >= 11 is 0. The molecule has 1 fully saturated rings. The maximum atomic E-state index is 13.2. The molecule has 1 aromatic carbocycles. The van der Waals surface area contributed by atoms with Crippen LogP contribution in [0.2, 0.25) is 0 Å². The van der Waals surface area contributed by atoms with E-state index in [2.05, 4.69) is 0 Å². The van der Waals surface area contributed by atoms with Crippen LogP contribution in [-0.4, -0.2) is 35.9 Å². The molecule has 0 amide bonds. The zero-order valence-corrected chi connectivity index (χ0v) is 10.8. The molecule has 1 heterocycles. The van der Waals surface area contributed by atoms with Gasteiger partial charge in [0.05, 0.1) is 5.41 Å². The van der Waals surface area contributed by atoms with Crippen LogP contribution in [-0.2, 0) is 6.54 Å². The predicted molar refractivity (Wildman–Crippen MR) is 66.5 cm³/mol. The van der Waals surface area contributed by atoms with Crippen LogP contribution in [0.4, 0.5) is 13.2 Å². The van der Waals surface area contributed by atoms with E-state index in [-0.39, 0.29) is 13.1 Å². The van der Waals surface area contributed by atoms with Crippen LogP contribution in [0.3, 0.4) is 0 Å². The summed E-state index contributed by atoms with van der Waals surface area (Å²) in [4.78, 5) is 1.77. The lowest BCUT2D eigenvalue weighted by molar-refractivity contribution is -0.228. The van der Waals surface area contributed by atoms with Gasteiger partial charge in [-0.3, -0.25) is 4.90 Å². The Morgan fingerprint density at radius 3 is 2.42 bits per heavy atom. The van der Waals surface area contributed by atoms with Crippen LogP contribution in [0.25, 0.3) is 0 Å². The summed E-state index contributed by atoms with van der Waals surface area (Å²) in [5, 5.41) is 9.22. The Kier molecular flexibility index (Phi) is 3.87. The van der Waals surface area contributed by atoms with Gasteiger partial charge in [-0.15, -0.1) is 0 Å². The van der Waals surface area contributed by atoms with Gasteiger partial charge in [0.15, 0.2) is 0 Å². The van der Waals surface area contributed by atoms with E-state index in [9.17, 15) is 18.3 Å². The lowest BCUT2D eigenvalue weighted by atomic mass is 9.80. The number of halogens is 3.